The molecule has 0 radical (unpaired) electrons. The molecule has 0 spiro atoms. The summed E-state index contributed by atoms with van der Waals surface area (Å²) in [5.74, 6) is -0.859. The lowest BCUT2D eigenvalue weighted by molar-refractivity contribution is -0.131. The third-order valence-electron chi connectivity index (χ3n) is 8.17. The molecule has 3 rings (SSSR count). The van der Waals surface area contributed by atoms with Gasteiger partial charge in [-0.1, -0.05) is 62.8 Å². The number of nitrogens with one attached hydrogen (secondary N) is 3. The number of carbonyl (C=O) groups is 3. The van der Waals surface area contributed by atoms with Crippen LogP contribution in [0.2, 0.25) is 0 Å². The summed E-state index contributed by atoms with van der Waals surface area (Å²) in [6.45, 7) is 17.7. The van der Waals surface area contributed by atoms with E-state index in [1.54, 1.807) is 13.1 Å². The normalized spacial score (nSPS) is 18.3. The number of nitrogens with zero attached hydrogens (tertiary/aromatic N) is 2. The molecule has 42 heavy (non-hydrogen) atoms. The van der Waals surface area contributed by atoms with E-state index in [9.17, 15) is 14.4 Å². The number of benzene rings is 1. The Kier molecular flexibility index (Phi) is 10.4. The number of anilines is 1. The topological polar surface area (TPSA) is 131 Å². The number of aryl methyl sites for hydroxylation is 1. The summed E-state index contributed by atoms with van der Waals surface area (Å²) < 4.78 is 1.85. The molecule has 0 saturated carbocycles. The van der Waals surface area contributed by atoms with E-state index in [1.807, 2.05) is 62.7 Å². The molecule has 0 fully saturated rings. The number of fused-ring (bicyclic) bond motifs is 1. The summed E-state index contributed by atoms with van der Waals surface area (Å²) in [5, 5.41) is 13.9. The molecule has 1 unspecified atom stereocenters. The van der Waals surface area contributed by atoms with Crippen LogP contribution in [0, 0.1) is 5.92 Å². The standard InChI is InChI=1S/C33H48N6O3/c1-9-12-13-23(11-3)27-19-32(6,7)39-29(36-27)25(20-35-39)30(41)38-33(8,24-16-14-22(10-2)15-17-24)31(42)37-26(28(34)40)18-21(4)5/h9,11,14-17,20-21,26-27,36H,1,10,12-13,18-19H2,2-8H3,(H2,34,40)(H,37,42)(H,38,41)/b23-11+/t26-,27+,33?/m0/s1. The summed E-state index contributed by atoms with van der Waals surface area (Å²) in [6, 6.07) is 6.69. The molecule has 1 aromatic carbocycles. The molecule has 9 nitrogen and oxygen atoms in total. The highest BCUT2D eigenvalue weighted by Crippen LogP contribution is 2.37. The maximum Gasteiger partial charge on any atom is 0.257 e. The van der Waals surface area contributed by atoms with Gasteiger partial charge in [0.1, 0.15) is 23.0 Å². The van der Waals surface area contributed by atoms with Gasteiger partial charge in [0.05, 0.1) is 17.8 Å². The highest BCUT2D eigenvalue weighted by Gasteiger charge is 2.42. The van der Waals surface area contributed by atoms with Crippen molar-refractivity contribution < 1.29 is 14.4 Å². The SMILES string of the molecule is C=CCC/C(=C\C)[C@H]1CC(C)(C)n2ncc(C(=O)NC(C)(C(=O)N[C@@H](CC(C)C)C(N)=O)c3ccc(CC)cc3)c2N1. The third kappa shape index (κ3) is 7.12. The number of allylic oxidation sites excluding steroid dienone is 2. The number of rotatable bonds is 13. The first kappa shape index (κ1) is 32.6. The van der Waals surface area contributed by atoms with Crippen LogP contribution in [0.4, 0.5) is 5.82 Å². The van der Waals surface area contributed by atoms with E-state index >= 15 is 0 Å². The fourth-order valence-corrected chi connectivity index (χ4v) is 5.58. The number of primary amides is 1. The average Bonchev–Trinajstić information content (AvgIpc) is 3.38. The van der Waals surface area contributed by atoms with Crippen molar-refractivity contribution in [3.63, 3.8) is 0 Å². The zero-order valence-electron chi connectivity index (χ0n) is 26.2. The van der Waals surface area contributed by atoms with Gasteiger partial charge in [0.2, 0.25) is 5.91 Å². The number of nitrogens with two attached hydrogens (primary N) is 1. The van der Waals surface area contributed by atoms with E-state index in [2.05, 4.69) is 47.6 Å². The first-order chi connectivity index (χ1) is 19.8. The second-order valence-corrected chi connectivity index (χ2v) is 12.4. The van der Waals surface area contributed by atoms with Gasteiger partial charge in [-0.25, -0.2) is 4.68 Å². The maximum atomic E-state index is 14.0. The zero-order valence-corrected chi connectivity index (χ0v) is 26.2. The minimum Gasteiger partial charge on any atom is -0.368 e. The van der Waals surface area contributed by atoms with Crippen LogP contribution < -0.4 is 21.7 Å². The minimum absolute atomic E-state index is 0.0179. The van der Waals surface area contributed by atoms with Gasteiger partial charge in [-0.3, -0.25) is 14.4 Å². The number of hydrogen-bond donors (Lipinski definition) is 4. The molecule has 9 heteroatoms. The van der Waals surface area contributed by atoms with Gasteiger partial charge in [0, 0.05) is 0 Å². The van der Waals surface area contributed by atoms with Crippen molar-refractivity contribution in [3.8, 4) is 0 Å². The van der Waals surface area contributed by atoms with Crippen molar-refractivity contribution in [1.29, 1.82) is 0 Å². The zero-order chi connectivity index (χ0) is 31.2. The van der Waals surface area contributed by atoms with E-state index in [0.717, 1.165) is 31.2 Å². The van der Waals surface area contributed by atoms with Crippen molar-refractivity contribution in [2.75, 3.05) is 5.32 Å². The molecule has 0 bridgehead atoms. The average molecular weight is 577 g/mol. The Hall–Kier alpha value is -3.88. The van der Waals surface area contributed by atoms with Crippen LogP contribution in [0.15, 0.2) is 54.8 Å². The number of aromatic nitrogens is 2. The predicted octanol–water partition coefficient (Wildman–Crippen LogP) is 4.94. The smallest absolute Gasteiger partial charge is 0.257 e. The van der Waals surface area contributed by atoms with Crippen molar-refractivity contribution in [3.05, 3.63) is 71.5 Å². The van der Waals surface area contributed by atoms with E-state index in [4.69, 9.17) is 5.73 Å². The Morgan fingerprint density at radius 1 is 1.26 bits per heavy atom. The van der Waals surface area contributed by atoms with Crippen LogP contribution in [0.3, 0.4) is 0 Å². The van der Waals surface area contributed by atoms with E-state index in [1.165, 1.54) is 5.57 Å². The Balaban J connectivity index is 2.00. The molecule has 3 amide bonds. The summed E-state index contributed by atoms with van der Waals surface area (Å²) in [6.07, 6.45) is 9.32. The molecule has 2 heterocycles. The van der Waals surface area contributed by atoms with Crippen LogP contribution in [-0.2, 0) is 27.1 Å². The van der Waals surface area contributed by atoms with Crippen LogP contribution in [0.1, 0.15) is 95.6 Å². The van der Waals surface area contributed by atoms with Crippen LogP contribution in [0.5, 0.6) is 0 Å². The fraction of sp³-hybridized carbons (Fsp3) is 0.515. The second-order valence-electron chi connectivity index (χ2n) is 12.4. The Morgan fingerprint density at radius 3 is 2.48 bits per heavy atom. The molecule has 5 N–H and O–H groups in total. The van der Waals surface area contributed by atoms with E-state index < -0.39 is 29.3 Å². The first-order valence-corrected chi connectivity index (χ1v) is 14.9. The number of amides is 3. The quantitative estimate of drug-likeness (QED) is 0.251. The van der Waals surface area contributed by atoms with Gasteiger partial charge in [0.25, 0.3) is 11.8 Å². The maximum absolute atomic E-state index is 14.0. The molecule has 0 aliphatic carbocycles. The molecule has 1 aromatic heterocycles. The Morgan fingerprint density at radius 2 is 1.93 bits per heavy atom. The van der Waals surface area contributed by atoms with Crippen molar-refractivity contribution in [1.82, 2.24) is 20.4 Å². The highest BCUT2D eigenvalue weighted by molar-refractivity contribution is 6.03. The van der Waals surface area contributed by atoms with Crippen LogP contribution in [0.25, 0.3) is 0 Å². The number of hydrogen-bond acceptors (Lipinski definition) is 5. The summed E-state index contributed by atoms with van der Waals surface area (Å²) in [7, 11) is 0. The molecule has 1 aliphatic rings. The van der Waals surface area contributed by atoms with E-state index in [0.29, 0.717) is 23.4 Å². The summed E-state index contributed by atoms with van der Waals surface area (Å²) in [4.78, 5) is 40.1. The second kappa shape index (κ2) is 13.4. The Bertz CT molecular complexity index is 1320. The fourth-order valence-electron chi connectivity index (χ4n) is 5.58. The summed E-state index contributed by atoms with van der Waals surface area (Å²) >= 11 is 0. The Labute approximate surface area is 250 Å². The lowest BCUT2D eigenvalue weighted by Gasteiger charge is -2.39. The van der Waals surface area contributed by atoms with Crippen LogP contribution >= 0.6 is 0 Å². The molecule has 3 atom stereocenters. The minimum atomic E-state index is -1.50. The molecular weight excluding hydrogens is 528 g/mol. The van der Waals surface area contributed by atoms with Gasteiger partial charge >= 0.3 is 0 Å². The molecule has 228 valence electrons. The van der Waals surface area contributed by atoms with Crippen molar-refractivity contribution >= 4 is 23.5 Å². The van der Waals surface area contributed by atoms with E-state index in [-0.39, 0.29) is 17.5 Å². The molecule has 2 aromatic rings. The van der Waals surface area contributed by atoms with Crippen molar-refractivity contribution in [2.24, 2.45) is 11.7 Å². The molecule has 0 saturated heterocycles. The lowest BCUT2D eigenvalue weighted by atomic mass is 9.86. The van der Waals surface area contributed by atoms with Gasteiger partial charge < -0.3 is 21.7 Å². The predicted molar refractivity (Wildman–Crippen MR) is 168 cm³/mol. The van der Waals surface area contributed by atoms with Gasteiger partial charge in [-0.05, 0) is 76.8 Å². The molecule has 1 aliphatic heterocycles. The largest absolute Gasteiger partial charge is 0.368 e. The monoisotopic (exact) mass is 576 g/mol. The molecular formula is C33H48N6O3. The first-order valence-electron chi connectivity index (χ1n) is 14.9. The lowest BCUT2D eigenvalue weighted by Crippen LogP contribution is -2.58. The van der Waals surface area contributed by atoms with Gasteiger partial charge in [-0.15, -0.1) is 6.58 Å². The van der Waals surface area contributed by atoms with Crippen LogP contribution in [-0.4, -0.2) is 39.6 Å². The third-order valence-corrected chi connectivity index (χ3v) is 8.17. The highest BCUT2D eigenvalue weighted by atomic mass is 16.2. The van der Waals surface area contributed by atoms with Gasteiger partial charge in [0.15, 0.2) is 0 Å². The van der Waals surface area contributed by atoms with Gasteiger partial charge in [-0.2, -0.15) is 5.10 Å². The summed E-state index contributed by atoms with van der Waals surface area (Å²) in [5.41, 5.74) is 7.06. The number of carbonyl (C=O) groups excluding carboxylic acids is 3. The van der Waals surface area contributed by atoms with Crippen molar-refractivity contribution in [2.45, 2.75) is 104 Å².